The Balaban J connectivity index is 1.99. The molecule has 1 aromatic carbocycles. The highest BCUT2D eigenvalue weighted by Gasteiger charge is 2.29. The molecule has 0 spiro atoms. The van der Waals surface area contributed by atoms with E-state index in [0.717, 1.165) is 30.4 Å². The van der Waals surface area contributed by atoms with Gasteiger partial charge in [0, 0.05) is 6.04 Å². The fourth-order valence-electron chi connectivity index (χ4n) is 2.61. The molecule has 2 N–H and O–H groups in total. The van der Waals surface area contributed by atoms with Crippen molar-refractivity contribution >= 4 is 11.7 Å². The molecule has 2 aromatic rings. The van der Waals surface area contributed by atoms with Crippen LogP contribution in [0.25, 0.3) is 0 Å². The molecule has 110 valence electrons. The van der Waals surface area contributed by atoms with Crippen molar-refractivity contribution in [2.45, 2.75) is 31.7 Å². The number of nitrogens with zero attached hydrogens (tertiary/aromatic N) is 2. The molecule has 21 heavy (non-hydrogen) atoms. The average Bonchev–Trinajstić information content (AvgIpc) is 2.90. The Morgan fingerprint density at radius 1 is 1.19 bits per heavy atom. The number of benzene rings is 1. The molecule has 1 aliphatic carbocycles. The molecule has 1 heterocycles. The summed E-state index contributed by atoms with van der Waals surface area (Å²) in [4.78, 5) is 34.2. The van der Waals surface area contributed by atoms with Gasteiger partial charge in [0.1, 0.15) is 0 Å². The van der Waals surface area contributed by atoms with Gasteiger partial charge < -0.3 is 5.11 Å². The first-order chi connectivity index (χ1) is 10.1. The molecule has 0 bridgehead atoms. The maximum Gasteiger partial charge on any atom is 0.341 e. The van der Waals surface area contributed by atoms with Crippen LogP contribution in [0.1, 0.15) is 36.0 Å². The van der Waals surface area contributed by atoms with Gasteiger partial charge in [0.25, 0.3) is 0 Å². The van der Waals surface area contributed by atoms with Gasteiger partial charge in [-0.05, 0) is 25.0 Å². The molecule has 3 rings (SSSR count). The second kappa shape index (κ2) is 5.17. The first-order valence-corrected chi connectivity index (χ1v) is 6.86. The number of aromatic nitrogens is 1. The van der Waals surface area contributed by atoms with Crippen LogP contribution in [0.5, 0.6) is 0 Å². The summed E-state index contributed by atoms with van der Waals surface area (Å²) < 4.78 is 0.931. The number of para-hydroxylation sites is 1. The Morgan fingerprint density at radius 2 is 1.81 bits per heavy atom. The third-order valence-corrected chi connectivity index (χ3v) is 3.74. The van der Waals surface area contributed by atoms with Crippen LogP contribution in [0.4, 0.5) is 5.69 Å². The molecule has 1 saturated carbocycles. The predicted octanol–water partition coefficient (Wildman–Crippen LogP) is 0.499. The lowest BCUT2D eigenvalue weighted by atomic mass is 10.2. The molecular formula is C14H15N3O4. The highest BCUT2D eigenvalue weighted by Crippen LogP contribution is 2.23. The third kappa shape index (κ3) is 2.47. The van der Waals surface area contributed by atoms with Crippen LogP contribution in [0.2, 0.25) is 0 Å². The fraction of sp³-hybridized carbons (Fsp3) is 0.357. The lowest BCUT2D eigenvalue weighted by Crippen LogP contribution is -2.47. The molecule has 0 saturated heterocycles. The van der Waals surface area contributed by atoms with Gasteiger partial charge >= 0.3 is 17.1 Å². The first-order valence-electron chi connectivity index (χ1n) is 6.86. The van der Waals surface area contributed by atoms with Crippen LogP contribution < -0.4 is 21.7 Å². The molecule has 1 aromatic heterocycles. The number of aromatic carboxylic acids is 1. The van der Waals surface area contributed by atoms with E-state index in [1.807, 2.05) is 0 Å². The maximum atomic E-state index is 11.4. The normalized spacial score (nSPS) is 15.6. The second-order valence-electron chi connectivity index (χ2n) is 5.17. The number of anilines is 1. The standard InChI is InChI=1S/C14H15N3O4/c18-12-13(19)16(12)17(15-9-5-1-2-6-9)11-8-4-3-7-10(11)14(20)21/h3-4,7-9,15H,1-2,5-6H2,(H,20,21). The highest BCUT2D eigenvalue weighted by molar-refractivity contribution is 5.94. The quantitative estimate of drug-likeness (QED) is 0.615. The lowest BCUT2D eigenvalue weighted by molar-refractivity contribution is 0.0697. The zero-order chi connectivity index (χ0) is 15.0. The molecule has 7 nitrogen and oxygen atoms in total. The molecule has 0 atom stereocenters. The Bertz CT molecular complexity index is 713. The minimum atomic E-state index is -1.11. The molecule has 1 fully saturated rings. The SMILES string of the molecule is O=C(O)c1ccccc1N(NC1CCCC1)n1c(=O)c1=O. The number of hydrazine groups is 1. The minimum absolute atomic E-state index is 0.0375. The third-order valence-electron chi connectivity index (χ3n) is 3.74. The average molecular weight is 289 g/mol. The summed E-state index contributed by atoms with van der Waals surface area (Å²) >= 11 is 0. The topological polar surface area (TPSA) is 91.6 Å². The Labute approximate surface area is 120 Å². The van der Waals surface area contributed by atoms with Crippen LogP contribution in [-0.4, -0.2) is 21.8 Å². The van der Waals surface area contributed by atoms with Gasteiger partial charge in [-0.1, -0.05) is 25.0 Å². The summed E-state index contributed by atoms with van der Waals surface area (Å²) in [6, 6.07) is 6.42. The van der Waals surface area contributed by atoms with Gasteiger partial charge in [-0.2, -0.15) is 4.68 Å². The molecule has 7 heteroatoms. The van der Waals surface area contributed by atoms with Crippen LogP contribution in [0.3, 0.4) is 0 Å². The van der Waals surface area contributed by atoms with E-state index in [1.165, 1.54) is 11.2 Å². The van der Waals surface area contributed by atoms with Crippen molar-refractivity contribution in [3.8, 4) is 0 Å². The summed E-state index contributed by atoms with van der Waals surface area (Å²) in [5, 5.41) is 10.5. The smallest absolute Gasteiger partial charge is 0.341 e. The number of hydrogen-bond acceptors (Lipinski definition) is 5. The van der Waals surface area contributed by atoms with E-state index in [0.29, 0.717) is 0 Å². The van der Waals surface area contributed by atoms with Crippen molar-refractivity contribution in [1.82, 2.24) is 10.1 Å². The lowest BCUT2D eigenvalue weighted by Gasteiger charge is -2.26. The molecule has 0 radical (unpaired) electrons. The first kappa shape index (κ1) is 13.6. The summed E-state index contributed by atoms with van der Waals surface area (Å²) in [5.74, 6) is -1.11. The Kier molecular flexibility index (Phi) is 3.34. The molecule has 0 unspecified atom stereocenters. The van der Waals surface area contributed by atoms with Crippen molar-refractivity contribution in [3.05, 3.63) is 50.5 Å². The zero-order valence-corrected chi connectivity index (χ0v) is 11.3. The number of nitrogens with one attached hydrogen (secondary N) is 1. The number of rotatable bonds is 5. The zero-order valence-electron chi connectivity index (χ0n) is 11.3. The van der Waals surface area contributed by atoms with E-state index in [9.17, 15) is 19.5 Å². The molecule has 1 aliphatic rings. The van der Waals surface area contributed by atoms with Crippen molar-refractivity contribution in [2.24, 2.45) is 0 Å². The summed E-state index contributed by atoms with van der Waals surface area (Å²) in [7, 11) is 0. The van der Waals surface area contributed by atoms with Gasteiger partial charge in [-0.15, -0.1) is 0 Å². The van der Waals surface area contributed by atoms with Crippen LogP contribution in [-0.2, 0) is 0 Å². The van der Waals surface area contributed by atoms with E-state index in [2.05, 4.69) is 5.43 Å². The van der Waals surface area contributed by atoms with Crippen LogP contribution >= 0.6 is 0 Å². The Hall–Kier alpha value is -2.41. The van der Waals surface area contributed by atoms with Gasteiger partial charge in [-0.25, -0.2) is 15.3 Å². The minimum Gasteiger partial charge on any atom is -0.478 e. The number of carboxylic acid groups (broad SMARTS) is 1. The van der Waals surface area contributed by atoms with Gasteiger partial charge in [0.05, 0.1) is 11.3 Å². The van der Waals surface area contributed by atoms with E-state index in [-0.39, 0.29) is 17.3 Å². The van der Waals surface area contributed by atoms with Crippen LogP contribution in [0, 0.1) is 0 Å². The van der Waals surface area contributed by atoms with E-state index >= 15 is 0 Å². The van der Waals surface area contributed by atoms with E-state index in [1.54, 1.807) is 18.2 Å². The number of carboxylic acids is 1. The highest BCUT2D eigenvalue weighted by atomic mass is 16.4. The number of hydrogen-bond donors (Lipinski definition) is 2. The largest absolute Gasteiger partial charge is 0.478 e. The fourth-order valence-corrected chi connectivity index (χ4v) is 2.61. The summed E-state index contributed by atoms with van der Waals surface area (Å²) in [5.41, 5.74) is 2.15. The summed E-state index contributed by atoms with van der Waals surface area (Å²) in [6.07, 6.45) is 4.02. The van der Waals surface area contributed by atoms with Crippen molar-refractivity contribution < 1.29 is 9.90 Å². The molecular weight excluding hydrogens is 274 g/mol. The summed E-state index contributed by atoms with van der Waals surface area (Å²) in [6.45, 7) is 0. The van der Waals surface area contributed by atoms with E-state index in [4.69, 9.17) is 0 Å². The second-order valence-corrected chi connectivity index (χ2v) is 5.17. The van der Waals surface area contributed by atoms with Crippen molar-refractivity contribution in [3.63, 3.8) is 0 Å². The monoisotopic (exact) mass is 289 g/mol. The van der Waals surface area contributed by atoms with Gasteiger partial charge in [0.15, 0.2) is 0 Å². The Morgan fingerprint density at radius 3 is 2.38 bits per heavy atom. The van der Waals surface area contributed by atoms with Gasteiger partial charge in [-0.3, -0.25) is 9.59 Å². The number of carbonyl (C=O) groups is 1. The molecule has 0 amide bonds. The van der Waals surface area contributed by atoms with Crippen LogP contribution in [0.15, 0.2) is 33.9 Å². The predicted molar refractivity (Wildman–Crippen MR) is 76.0 cm³/mol. The van der Waals surface area contributed by atoms with Gasteiger partial charge in [0.2, 0.25) is 0 Å². The van der Waals surface area contributed by atoms with E-state index < -0.39 is 17.1 Å². The van der Waals surface area contributed by atoms with Crippen molar-refractivity contribution in [1.29, 1.82) is 0 Å². The molecule has 0 aliphatic heterocycles. The van der Waals surface area contributed by atoms with Crippen molar-refractivity contribution in [2.75, 3.05) is 5.12 Å². The maximum absolute atomic E-state index is 11.4.